The van der Waals surface area contributed by atoms with Gasteiger partial charge >= 0.3 is 5.97 Å². The zero-order valence-electron chi connectivity index (χ0n) is 16.3. The Morgan fingerprint density at radius 3 is 2.82 bits per heavy atom. The van der Waals surface area contributed by atoms with Gasteiger partial charge in [0, 0.05) is 24.7 Å². The Kier molecular flexibility index (Phi) is 8.80. The van der Waals surface area contributed by atoms with Crippen LogP contribution < -0.4 is 4.74 Å². The lowest BCUT2D eigenvalue weighted by Crippen LogP contribution is -2.18. The third kappa shape index (κ3) is 6.24. The molecule has 0 aromatic heterocycles. The summed E-state index contributed by atoms with van der Waals surface area (Å²) < 4.78 is 16.0. The van der Waals surface area contributed by atoms with Gasteiger partial charge in [0.05, 0.1) is 11.1 Å². The molecule has 0 bridgehead atoms. The number of ether oxygens (including phenoxy) is 3. The molecule has 0 radical (unpaired) electrons. The van der Waals surface area contributed by atoms with Gasteiger partial charge in [-0.1, -0.05) is 24.1 Å². The lowest BCUT2D eigenvalue weighted by molar-refractivity contribution is -0.114. The lowest BCUT2D eigenvalue weighted by Gasteiger charge is -2.18. The lowest BCUT2D eigenvalue weighted by atomic mass is 9.99. The number of fused-ring (bicyclic) bond motifs is 1. The third-order valence-corrected chi connectivity index (χ3v) is 4.87. The van der Waals surface area contributed by atoms with Crippen molar-refractivity contribution in [3.63, 3.8) is 0 Å². The van der Waals surface area contributed by atoms with E-state index >= 15 is 0 Å². The predicted octanol–water partition coefficient (Wildman–Crippen LogP) is 4.60. The van der Waals surface area contributed by atoms with Crippen LogP contribution in [0.2, 0.25) is 5.02 Å². The van der Waals surface area contributed by atoms with Crippen LogP contribution in [0.5, 0.6) is 11.5 Å². The highest BCUT2D eigenvalue weighted by molar-refractivity contribution is 6.33. The van der Waals surface area contributed by atoms with Crippen LogP contribution in [-0.4, -0.2) is 36.4 Å². The average Bonchev–Trinajstić information content (AvgIpc) is 2.64. The summed E-state index contributed by atoms with van der Waals surface area (Å²) in [6.45, 7) is 4.01. The monoisotopic (exact) mass is 410 g/mol. The SMILES string of the molecule is CCOCOc1cc(O)c2c(c1Cl)CC(=O)/C=C/CCCCC[C@@H](C)OC2=O. The summed E-state index contributed by atoms with van der Waals surface area (Å²) in [5, 5.41) is 10.5. The Balaban J connectivity index is 2.43. The number of aromatic hydroxyl groups is 1. The van der Waals surface area contributed by atoms with Crippen LogP contribution >= 0.6 is 11.6 Å². The van der Waals surface area contributed by atoms with Crippen molar-refractivity contribution in [3.05, 3.63) is 34.4 Å². The Labute approximate surface area is 170 Å². The van der Waals surface area contributed by atoms with Crippen molar-refractivity contribution in [2.45, 2.75) is 58.5 Å². The van der Waals surface area contributed by atoms with Crippen molar-refractivity contribution < 1.29 is 28.9 Å². The smallest absolute Gasteiger partial charge is 0.342 e. The average molecular weight is 411 g/mol. The minimum atomic E-state index is -0.702. The maximum absolute atomic E-state index is 12.7. The first kappa shape index (κ1) is 22.2. The van der Waals surface area contributed by atoms with Gasteiger partial charge in [0.25, 0.3) is 0 Å². The number of ketones is 1. The van der Waals surface area contributed by atoms with Gasteiger partial charge in [0.2, 0.25) is 0 Å². The summed E-state index contributed by atoms with van der Waals surface area (Å²) in [6.07, 6.45) is 7.29. The van der Waals surface area contributed by atoms with E-state index in [4.69, 9.17) is 25.8 Å². The number of halogens is 1. The van der Waals surface area contributed by atoms with Gasteiger partial charge in [-0.2, -0.15) is 0 Å². The van der Waals surface area contributed by atoms with Crippen LogP contribution in [0.4, 0.5) is 0 Å². The summed E-state index contributed by atoms with van der Waals surface area (Å²) >= 11 is 6.42. The zero-order valence-corrected chi connectivity index (χ0v) is 17.1. The minimum absolute atomic E-state index is 0.0657. The van der Waals surface area contributed by atoms with Crippen LogP contribution in [0.25, 0.3) is 0 Å². The number of phenols is 1. The van der Waals surface area contributed by atoms with Crippen molar-refractivity contribution in [2.75, 3.05) is 13.4 Å². The molecule has 1 aromatic carbocycles. The number of rotatable bonds is 4. The molecule has 0 fully saturated rings. The van der Waals surface area contributed by atoms with E-state index in [1.54, 1.807) is 0 Å². The molecule has 0 amide bonds. The third-order valence-electron chi connectivity index (χ3n) is 4.46. The molecule has 1 aliphatic rings. The van der Waals surface area contributed by atoms with E-state index in [0.29, 0.717) is 6.61 Å². The first-order chi connectivity index (χ1) is 13.4. The molecule has 0 aliphatic carbocycles. The molecule has 0 saturated heterocycles. The summed E-state index contributed by atoms with van der Waals surface area (Å²) in [5.74, 6) is -1.12. The topological polar surface area (TPSA) is 82.1 Å². The molecule has 1 aromatic rings. The molecule has 1 N–H and O–H groups in total. The molecule has 154 valence electrons. The van der Waals surface area contributed by atoms with E-state index in [1.165, 1.54) is 12.1 Å². The quantitative estimate of drug-likeness (QED) is 0.444. The van der Waals surface area contributed by atoms with E-state index in [2.05, 4.69) is 0 Å². The number of benzene rings is 1. The highest BCUT2D eigenvalue weighted by Crippen LogP contribution is 2.38. The molecule has 2 rings (SSSR count). The summed E-state index contributed by atoms with van der Waals surface area (Å²) in [7, 11) is 0. The van der Waals surface area contributed by atoms with Crippen LogP contribution in [0.1, 0.15) is 61.9 Å². The van der Waals surface area contributed by atoms with E-state index in [9.17, 15) is 14.7 Å². The standard InChI is InChI=1S/C21H27ClO6/c1-3-26-13-27-18-12-17(24)19-16(20(18)22)11-15(23)10-8-6-4-5-7-9-14(2)28-21(19)25/h8,10,12,14,24H,3-7,9,11,13H2,1-2H3/b10-8+/t14-/m1/s1. The number of carbonyl (C=O) groups is 2. The summed E-state index contributed by atoms with van der Waals surface area (Å²) in [6, 6.07) is 1.25. The Morgan fingerprint density at radius 1 is 1.29 bits per heavy atom. The molecule has 0 spiro atoms. The first-order valence-corrected chi connectivity index (χ1v) is 9.97. The van der Waals surface area contributed by atoms with E-state index in [1.807, 2.05) is 19.9 Å². The van der Waals surface area contributed by atoms with Crippen molar-refractivity contribution in [2.24, 2.45) is 0 Å². The molecule has 6 nitrogen and oxygen atoms in total. The van der Waals surface area contributed by atoms with E-state index < -0.39 is 5.97 Å². The van der Waals surface area contributed by atoms with E-state index in [-0.39, 0.29) is 52.7 Å². The normalized spacial score (nSPS) is 20.0. The molecule has 1 aliphatic heterocycles. The number of hydrogen-bond acceptors (Lipinski definition) is 6. The molecule has 28 heavy (non-hydrogen) atoms. The number of allylic oxidation sites excluding steroid dienone is 2. The number of cyclic esters (lactones) is 1. The van der Waals surface area contributed by atoms with Crippen molar-refractivity contribution >= 4 is 23.4 Å². The van der Waals surface area contributed by atoms with Crippen LogP contribution in [0.15, 0.2) is 18.2 Å². The van der Waals surface area contributed by atoms with Gasteiger partial charge in [-0.25, -0.2) is 4.79 Å². The van der Waals surface area contributed by atoms with Gasteiger partial charge in [0.15, 0.2) is 12.6 Å². The Morgan fingerprint density at radius 2 is 2.07 bits per heavy atom. The van der Waals surface area contributed by atoms with E-state index in [0.717, 1.165) is 32.1 Å². The number of carbonyl (C=O) groups excluding carboxylic acids is 2. The molecule has 7 heteroatoms. The number of esters is 1. The number of phenolic OH excluding ortho intramolecular Hbond substituents is 1. The fourth-order valence-corrected chi connectivity index (χ4v) is 3.25. The van der Waals surface area contributed by atoms with Gasteiger partial charge < -0.3 is 19.3 Å². The minimum Gasteiger partial charge on any atom is -0.507 e. The second kappa shape index (κ2) is 11.1. The van der Waals surface area contributed by atoms with Gasteiger partial charge in [0.1, 0.15) is 17.1 Å². The highest BCUT2D eigenvalue weighted by Gasteiger charge is 2.26. The molecule has 0 saturated carbocycles. The second-order valence-electron chi connectivity index (χ2n) is 6.72. The van der Waals surface area contributed by atoms with Crippen LogP contribution in [0.3, 0.4) is 0 Å². The number of hydrogen-bond donors (Lipinski definition) is 1. The van der Waals surface area contributed by atoms with Crippen LogP contribution in [-0.2, 0) is 20.7 Å². The Bertz CT molecular complexity index is 728. The fourth-order valence-electron chi connectivity index (χ4n) is 2.98. The van der Waals surface area contributed by atoms with Crippen molar-refractivity contribution in [3.8, 4) is 11.5 Å². The molecular weight excluding hydrogens is 384 g/mol. The maximum Gasteiger partial charge on any atom is 0.342 e. The summed E-state index contributed by atoms with van der Waals surface area (Å²) in [5.41, 5.74) is 0.0940. The predicted molar refractivity (Wildman–Crippen MR) is 106 cm³/mol. The fraction of sp³-hybridized carbons (Fsp3) is 0.524. The Hall–Kier alpha value is -2.05. The second-order valence-corrected chi connectivity index (χ2v) is 7.09. The molecule has 1 atom stereocenters. The van der Waals surface area contributed by atoms with Crippen molar-refractivity contribution in [1.82, 2.24) is 0 Å². The van der Waals surface area contributed by atoms with Crippen LogP contribution in [0, 0.1) is 0 Å². The highest BCUT2D eigenvalue weighted by atomic mass is 35.5. The van der Waals surface area contributed by atoms with Gasteiger partial charge in [-0.3, -0.25) is 4.79 Å². The first-order valence-electron chi connectivity index (χ1n) is 9.59. The molecule has 0 unspecified atom stereocenters. The zero-order chi connectivity index (χ0) is 20.5. The largest absolute Gasteiger partial charge is 0.507 e. The molecular formula is C21H27ClO6. The molecule has 1 heterocycles. The maximum atomic E-state index is 12.7. The summed E-state index contributed by atoms with van der Waals surface area (Å²) in [4.78, 5) is 25.1. The van der Waals surface area contributed by atoms with Gasteiger partial charge in [-0.05, 0) is 45.6 Å². The van der Waals surface area contributed by atoms with Gasteiger partial charge in [-0.15, -0.1) is 0 Å². The van der Waals surface area contributed by atoms with Crippen molar-refractivity contribution in [1.29, 1.82) is 0 Å².